The van der Waals surface area contributed by atoms with E-state index in [1.807, 2.05) is 31.2 Å². The standard InChI is InChI=1S/C18H23NO2S/c1-14-5-11-17(12-6-14)22(20,21)19-16-9-7-15(8-10-16)13-18(2,3)4/h5-12,19H,13H2,1-4H3. The molecule has 2 rings (SSSR count). The molecule has 22 heavy (non-hydrogen) atoms. The van der Waals surface area contributed by atoms with Gasteiger partial charge in [-0.15, -0.1) is 0 Å². The van der Waals surface area contributed by atoms with Crippen LogP contribution in [0.25, 0.3) is 0 Å². The van der Waals surface area contributed by atoms with Crippen molar-refractivity contribution in [2.75, 3.05) is 4.72 Å². The van der Waals surface area contributed by atoms with Crippen LogP contribution in [0, 0.1) is 12.3 Å². The minimum Gasteiger partial charge on any atom is -0.280 e. The van der Waals surface area contributed by atoms with Crippen LogP contribution in [0.1, 0.15) is 31.9 Å². The highest BCUT2D eigenvalue weighted by Gasteiger charge is 2.14. The summed E-state index contributed by atoms with van der Waals surface area (Å²) in [5, 5.41) is 0. The summed E-state index contributed by atoms with van der Waals surface area (Å²) in [6.45, 7) is 8.47. The summed E-state index contributed by atoms with van der Waals surface area (Å²) in [4.78, 5) is 0.275. The Labute approximate surface area is 133 Å². The molecule has 0 aliphatic carbocycles. The quantitative estimate of drug-likeness (QED) is 0.909. The number of nitrogens with one attached hydrogen (secondary N) is 1. The monoisotopic (exact) mass is 317 g/mol. The smallest absolute Gasteiger partial charge is 0.261 e. The molecule has 0 fully saturated rings. The van der Waals surface area contributed by atoms with Crippen molar-refractivity contribution < 1.29 is 8.42 Å². The highest BCUT2D eigenvalue weighted by molar-refractivity contribution is 7.92. The maximum absolute atomic E-state index is 12.3. The molecule has 0 bridgehead atoms. The maximum Gasteiger partial charge on any atom is 0.261 e. The Hall–Kier alpha value is -1.81. The van der Waals surface area contributed by atoms with Crippen LogP contribution < -0.4 is 4.72 Å². The number of rotatable bonds is 4. The van der Waals surface area contributed by atoms with Crippen LogP contribution in [0.3, 0.4) is 0 Å². The Kier molecular flexibility index (Phi) is 4.61. The van der Waals surface area contributed by atoms with Gasteiger partial charge in [-0.25, -0.2) is 8.42 Å². The third-order valence-electron chi connectivity index (χ3n) is 3.27. The molecule has 2 aromatic carbocycles. The molecule has 4 heteroatoms. The van der Waals surface area contributed by atoms with Gasteiger partial charge in [0.2, 0.25) is 0 Å². The predicted octanol–water partition coefficient (Wildman–Crippen LogP) is 4.38. The number of hydrogen-bond acceptors (Lipinski definition) is 2. The summed E-state index contributed by atoms with van der Waals surface area (Å²) in [7, 11) is -3.53. The van der Waals surface area contributed by atoms with Crippen molar-refractivity contribution in [3.63, 3.8) is 0 Å². The van der Waals surface area contributed by atoms with E-state index in [9.17, 15) is 8.42 Å². The van der Waals surface area contributed by atoms with E-state index >= 15 is 0 Å². The normalized spacial score (nSPS) is 12.2. The second-order valence-corrected chi connectivity index (χ2v) is 8.54. The molecule has 2 aromatic rings. The van der Waals surface area contributed by atoms with E-state index in [-0.39, 0.29) is 10.3 Å². The van der Waals surface area contributed by atoms with Crippen molar-refractivity contribution in [2.45, 2.75) is 39.0 Å². The van der Waals surface area contributed by atoms with E-state index < -0.39 is 10.0 Å². The van der Waals surface area contributed by atoms with E-state index in [1.54, 1.807) is 24.3 Å². The molecule has 0 saturated heterocycles. The summed E-state index contributed by atoms with van der Waals surface area (Å²) in [5.74, 6) is 0. The first-order valence-electron chi connectivity index (χ1n) is 7.34. The number of anilines is 1. The summed E-state index contributed by atoms with van der Waals surface area (Å²) >= 11 is 0. The van der Waals surface area contributed by atoms with Gasteiger partial charge in [0.05, 0.1) is 4.90 Å². The van der Waals surface area contributed by atoms with Gasteiger partial charge in [0.25, 0.3) is 10.0 Å². The largest absolute Gasteiger partial charge is 0.280 e. The Balaban J connectivity index is 2.14. The zero-order valence-electron chi connectivity index (χ0n) is 13.6. The molecule has 0 unspecified atom stereocenters. The van der Waals surface area contributed by atoms with Gasteiger partial charge in [0, 0.05) is 5.69 Å². The van der Waals surface area contributed by atoms with Crippen LogP contribution >= 0.6 is 0 Å². The molecule has 0 radical (unpaired) electrons. The molecular weight excluding hydrogens is 294 g/mol. The number of hydrogen-bond donors (Lipinski definition) is 1. The van der Waals surface area contributed by atoms with Crippen molar-refractivity contribution in [3.8, 4) is 0 Å². The fraction of sp³-hybridized carbons (Fsp3) is 0.333. The molecule has 0 aliphatic heterocycles. The summed E-state index contributed by atoms with van der Waals surface area (Å²) in [6, 6.07) is 14.4. The highest BCUT2D eigenvalue weighted by atomic mass is 32.2. The predicted molar refractivity (Wildman–Crippen MR) is 91.6 cm³/mol. The van der Waals surface area contributed by atoms with E-state index in [0.717, 1.165) is 12.0 Å². The molecule has 0 atom stereocenters. The fourth-order valence-electron chi connectivity index (χ4n) is 2.23. The molecule has 0 aromatic heterocycles. The lowest BCUT2D eigenvalue weighted by atomic mass is 9.88. The molecular formula is C18H23NO2S. The van der Waals surface area contributed by atoms with Gasteiger partial charge in [-0.1, -0.05) is 50.6 Å². The van der Waals surface area contributed by atoms with Gasteiger partial charge in [-0.3, -0.25) is 4.72 Å². The molecule has 3 nitrogen and oxygen atoms in total. The summed E-state index contributed by atoms with van der Waals surface area (Å²) < 4.78 is 27.2. The van der Waals surface area contributed by atoms with E-state index in [0.29, 0.717) is 5.69 Å². The maximum atomic E-state index is 12.3. The van der Waals surface area contributed by atoms with Crippen LogP contribution in [-0.2, 0) is 16.4 Å². The fourth-order valence-corrected chi connectivity index (χ4v) is 3.29. The van der Waals surface area contributed by atoms with Crippen molar-refractivity contribution >= 4 is 15.7 Å². The first kappa shape index (κ1) is 16.6. The van der Waals surface area contributed by atoms with Crippen LogP contribution in [0.15, 0.2) is 53.4 Å². The van der Waals surface area contributed by atoms with Crippen LogP contribution in [-0.4, -0.2) is 8.42 Å². The number of benzene rings is 2. The molecule has 0 saturated carbocycles. The van der Waals surface area contributed by atoms with Gasteiger partial charge in [-0.2, -0.15) is 0 Å². The molecule has 0 aliphatic rings. The first-order valence-corrected chi connectivity index (χ1v) is 8.82. The molecule has 118 valence electrons. The number of aryl methyl sites for hydroxylation is 1. The van der Waals surface area contributed by atoms with Gasteiger partial charge >= 0.3 is 0 Å². The molecule has 0 spiro atoms. The lowest BCUT2D eigenvalue weighted by Crippen LogP contribution is -2.13. The Bertz CT molecular complexity index is 724. The molecule has 0 amide bonds. The van der Waals surface area contributed by atoms with Crippen LogP contribution in [0.4, 0.5) is 5.69 Å². The summed E-state index contributed by atoms with van der Waals surface area (Å²) in [6.07, 6.45) is 0.956. The van der Waals surface area contributed by atoms with Crippen molar-refractivity contribution in [2.24, 2.45) is 5.41 Å². The van der Waals surface area contributed by atoms with E-state index in [4.69, 9.17) is 0 Å². The van der Waals surface area contributed by atoms with Gasteiger partial charge in [-0.05, 0) is 48.6 Å². The third kappa shape index (κ3) is 4.60. The minimum atomic E-state index is -3.53. The second-order valence-electron chi connectivity index (χ2n) is 6.85. The van der Waals surface area contributed by atoms with Crippen molar-refractivity contribution in [3.05, 3.63) is 59.7 Å². The first-order chi connectivity index (χ1) is 10.2. The highest BCUT2D eigenvalue weighted by Crippen LogP contribution is 2.22. The van der Waals surface area contributed by atoms with Crippen molar-refractivity contribution in [1.29, 1.82) is 0 Å². The van der Waals surface area contributed by atoms with Gasteiger partial charge in [0.15, 0.2) is 0 Å². The summed E-state index contributed by atoms with van der Waals surface area (Å²) in [5.41, 5.74) is 3.03. The Morgan fingerprint density at radius 2 is 1.45 bits per heavy atom. The van der Waals surface area contributed by atoms with E-state index in [2.05, 4.69) is 25.5 Å². The number of sulfonamides is 1. The zero-order valence-corrected chi connectivity index (χ0v) is 14.4. The molecule has 0 heterocycles. The second kappa shape index (κ2) is 6.13. The van der Waals surface area contributed by atoms with Gasteiger partial charge in [0.1, 0.15) is 0 Å². The zero-order chi connectivity index (χ0) is 16.4. The Morgan fingerprint density at radius 1 is 0.909 bits per heavy atom. The topological polar surface area (TPSA) is 46.2 Å². The minimum absolute atomic E-state index is 0.211. The van der Waals surface area contributed by atoms with Crippen LogP contribution in [0.2, 0.25) is 0 Å². The molecule has 1 N–H and O–H groups in total. The average Bonchev–Trinajstić information content (AvgIpc) is 2.39. The SMILES string of the molecule is Cc1ccc(S(=O)(=O)Nc2ccc(CC(C)(C)C)cc2)cc1. The average molecular weight is 317 g/mol. The van der Waals surface area contributed by atoms with Crippen LogP contribution in [0.5, 0.6) is 0 Å². The third-order valence-corrected chi connectivity index (χ3v) is 4.67. The van der Waals surface area contributed by atoms with Crippen molar-refractivity contribution in [1.82, 2.24) is 0 Å². The van der Waals surface area contributed by atoms with Gasteiger partial charge < -0.3 is 0 Å². The lowest BCUT2D eigenvalue weighted by Gasteiger charge is -2.18. The Morgan fingerprint density at radius 3 is 1.95 bits per heavy atom. The lowest BCUT2D eigenvalue weighted by molar-refractivity contribution is 0.411. The van der Waals surface area contributed by atoms with E-state index in [1.165, 1.54) is 5.56 Å².